The van der Waals surface area contributed by atoms with Gasteiger partial charge in [0.1, 0.15) is 10.5 Å². The molecule has 1 fully saturated rings. The number of aryl methyl sites for hydroxylation is 1. The van der Waals surface area contributed by atoms with E-state index in [9.17, 15) is 14.7 Å². The van der Waals surface area contributed by atoms with Crippen molar-refractivity contribution in [3.8, 4) is 0 Å². The van der Waals surface area contributed by atoms with Crippen molar-refractivity contribution in [3.63, 3.8) is 0 Å². The van der Waals surface area contributed by atoms with Crippen LogP contribution in [0.1, 0.15) is 91.7 Å². The van der Waals surface area contributed by atoms with Crippen molar-refractivity contribution in [2.75, 3.05) is 0 Å². The first kappa shape index (κ1) is 25.9. The Bertz CT molecular complexity index is 1230. The number of likely N-dealkylation sites (tertiary alicyclic amines) is 1. The summed E-state index contributed by atoms with van der Waals surface area (Å²) in [6, 6.07) is 6.96. The number of benzene rings is 1. The van der Waals surface area contributed by atoms with E-state index in [0.717, 1.165) is 11.3 Å². The van der Waals surface area contributed by atoms with Crippen molar-refractivity contribution in [1.82, 2.24) is 19.9 Å². The number of thiazole rings is 1. The van der Waals surface area contributed by atoms with E-state index in [2.05, 4.69) is 30.7 Å². The van der Waals surface area contributed by atoms with Gasteiger partial charge in [0.25, 0.3) is 5.91 Å². The number of carboxylic acids is 1. The molecule has 1 aromatic carbocycles. The number of carbonyl (C=O) groups is 2. The van der Waals surface area contributed by atoms with Gasteiger partial charge in [-0.15, -0.1) is 11.3 Å². The maximum absolute atomic E-state index is 14.3. The fourth-order valence-electron chi connectivity index (χ4n) is 5.32. The molecule has 0 spiro atoms. The molecular formula is C28H34N4O3S. The minimum Gasteiger partial charge on any atom is -0.479 e. The molecule has 3 atom stereocenters. The van der Waals surface area contributed by atoms with Gasteiger partial charge in [0.05, 0.1) is 17.4 Å². The highest BCUT2D eigenvalue weighted by molar-refractivity contribution is 7.09. The first-order valence-electron chi connectivity index (χ1n) is 12.3. The summed E-state index contributed by atoms with van der Waals surface area (Å²) >= 11 is 1.43. The third-order valence-corrected chi connectivity index (χ3v) is 7.74. The lowest BCUT2D eigenvalue weighted by atomic mass is 9.82. The van der Waals surface area contributed by atoms with Crippen LogP contribution >= 0.6 is 11.3 Å². The van der Waals surface area contributed by atoms with Crippen LogP contribution < -0.4 is 0 Å². The number of aliphatic carboxylic acids is 1. The van der Waals surface area contributed by atoms with Crippen molar-refractivity contribution >= 4 is 23.2 Å². The lowest BCUT2D eigenvalue weighted by Crippen LogP contribution is -2.54. The average Bonchev–Trinajstić information content (AvgIpc) is 3.44. The molecule has 1 N–H and O–H groups in total. The Hall–Kier alpha value is -3.13. The molecule has 2 aromatic heterocycles. The Morgan fingerprint density at radius 1 is 1.19 bits per heavy atom. The summed E-state index contributed by atoms with van der Waals surface area (Å²) in [5, 5.41) is 13.3. The van der Waals surface area contributed by atoms with Gasteiger partial charge in [-0.1, -0.05) is 46.8 Å². The van der Waals surface area contributed by atoms with Gasteiger partial charge in [-0.2, -0.15) is 0 Å². The van der Waals surface area contributed by atoms with Gasteiger partial charge >= 0.3 is 5.97 Å². The molecule has 0 saturated carbocycles. The summed E-state index contributed by atoms with van der Waals surface area (Å²) in [6.45, 7) is 12.2. The monoisotopic (exact) mass is 506 g/mol. The molecule has 7 nitrogen and oxygen atoms in total. The van der Waals surface area contributed by atoms with Gasteiger partial charge in [0.2, 0.25) is 0 Å². The molecule has 0 aliphatic carbocycles. The number of rotatable bonds is 6. The first-order chi connectivity index (χ1) is 16.9. The van der Waals surface area contributed by atoms with Crippen molar-refractivity contribution in [1.29, 1.82) is 0 Å². The van der Waals surface area contributed by atoms with E-state index in [-0.39, 0.29) is 29.6 Å². The molecule has 36 heavy (non-hydrogen) atoms. The second-order valence-electron chi connectivity index (χ2n) is 11.1. The average molecular weight is 507 g/mol. The third kappa shape index (κ3) is 4.78. The van der Waals surface area contributed by atoms with Crippen molar-refractivity contribution < 1.29 is 14.7 Å². The SMILES string of the molecule is Cc1cncc([C@H]2C[C@@](CC(C)C)(C(=O)O)N(C(=O)c3ccc(C(C)(C)C)cc3)[C@H]2c2nccs2)n1. The molecule has 1 amide bonds. The zero-order valence-electron chi connectivity index (χ0n) is 21.7. The van der Waals surface area contributed by atoms with E-state index in [1.54, 1.807) is 23.5 Å². The second kappa shape index (κ2) is 9.73. The van der Waals surface area contributed by atoms with E-state index in [0.29, 0.717) is 22.7 Å². The van der Waals surface area contributed by atoms with E-state index in [1.807, 2.05) is 50.4 Å². The number of carboxylic acid groups (broad SMARTS) is 1. The van der Waals surface area contributed by atoms with Gasteiger partial charge in [-0.3, -0.25) is 14.8 Å². The van der Waals surface area contributed by atoms with Crippen LogP contribution in [0.5, 0.6) is 0 Å². The van der Waals surface area contributed by atoms with E-state index >= 15 is 0 Å². The maximum Gasteiger partial charge on any atom is 0.329 e. The summed E-state index contributed by atoms with van der Waals surface area (Å²) in [5.74, 6) is -1.60. The van der Waals surface area contributed by atoms with Gasteiger partial charge in [-0.05, 0) is 48.8 Å². The Labute approximate surface area is 216 Å². The van der Waals surface area contributed by atoms with E-state index in [4.69, 9.17) is 4.98 Å². The van der Waals surface area contributed by atoms with Crippen LogP contribution in [-0.4, -0.2) is 42.4 Å². The summed E-state index contributed by atoms with van der Waals surface area (Å²) in [5.41, 5.74) is 1.54. The molecule has 1 aliphatic rings. The highest BCUT2D eigenvalue weighted by Gasteiger charge is 2.60. The largest absolute Gasteiger partial charge is 0.479 e. The molecule has 1 saturated heterocycles. The lowest BCUT2D eigenvalue weighted by Gasteiger charge is -2.38. The van der Waals surface area contributed by atoms with Crippen molar-refractivity contribution in [3.05, 3.63) is 75.8 Å². The van der Waals surface area contributed by atoms with Gasteiger partial charge < -0.3 is 10.0 Å². The number of carbonyl (C=O) groups excluding carboxylic acids is 1. The van der Waals surface area contributed by atoms with Gasteiger partial charge in [-0.25, -0.2) is 9.78 Å². The topological polar surface area (TPSA) is 96.3 Å². The molecule has 0 unspecified atom stereocenters. The summed E-state index contributed by atoms with van der Waals surface area (Å²) in [7, 11) is 0. The Morgan fingerprint density at radius 3 is 2.42 bits per heavy atom. The molecule has 190 valence electrons. The number of hydrogen-bond donors (Lipinski definition) is 1. The quantitative estimate of drug-likeness (QED) is 0.455. The molecule has 3 heterocycles. The Balaban J connectivity index is 1.90. The molecular weight excluding hydrogens is 472 g/mol. The number of hydrogen-bond acceptors (Lipinski definition) is 6. The van der Waals surface area contributed by atoms with Crippen LogP contribution in [-0.2, 0) is 10.2 Å². The number of amides is 1. The third-order valence-electron chi connectivity index (χ3n) is 6.90. The summed E-state index contributed by atoms with van der Waals surface area (Å²) < 4.78 is 0. The fourth-order valence-corrected chi connectivity index (χ4v) is 6.11. The van der Waals surface area contributed by atoms with E-state index < -0.39 is 17.6 Å². The van der Waals surface area contributed by atoms with Crippen LogP contribution in [0, 0.1) is 12.8 Å². The zero-order valence-corrected chi connectivity index (χ0v) is 22.5. The fraction of sp³-hybridized carbons (Fsp3) is 0.464. The van der Waals surface area contributed by atoms with Crippen LogP contribution in [0.3, 0.4) is 0 Å². The van der Waals surface area contributed by atoms with Gasteiger partial charge in [0.15, 0.2) is 0 Å². The van der Waals surface area contributed by atoms with E-state index in [1.165, 1.54) is 11.3 Å². The van der Waals surface area contributed by atoms with Crippen LogP contribution in [0.4, 0.5) is 0 Å². The van der Waals surface area contributed by atoms with Crippen LogP contribution in [0.25, 0.3) is 0 Å². The van der Waals surface area contributed by atoms with Crippen LogP contribution in [0.15, 0.2) is 48.2 Å². The lowest BCUT2D eigenvalue weighted by molar-refractivity contribution is -0.150. The molecule has 0 bridgehead atoms. The molecule has 4 rings (SSSR count). The Kier molecular flexibility index (Phi) is 7.01. The number of nitrogens with zero attached hydrogens (tertiary/aromatic N) is 4. The van der Waals surface area contributed by atoms with Crippen molar-refractivity contribution in [2.45, 2.75) is 77.3 Å². The summed E-state index contributed by atoms with van der Waals surface area (Å²) in [4.78, 5) is 42.6. The maximum atomic E-state index is 14.3. The van der Waals surface area contributed by atoms with Crippen LogP contribution in [0.2, 0.25) is 0 Å². The Morgan fingerprint density at radius 2 is 1.89 bits per heavy atom. The number of aromatic nitrogens is 3. The highest BCUT2D eigenvalue weighted by atomic mass is 32.1. The minimum atomic E-state index is -1.40. The predicted molar refractivity (Wildman–Crippen MR) is 140 cm³/mol. The minimum absolute atomic E-state index is 0.0546. The molecule has 8 heteroatoms. The first-order valence-corrected chi connectivity index (χ1v) is 13.2. The predicted octanol–water partition coefficient (Wildman–Crippen LogP) is 5.78. The normalized spacial score (nSPS) is 22.2. The zero-order chi connectivity index (χ0) is 26.3. The molecule has 1 aliphatic heterocycles. The molecule has 3 aromatic rings. The molecule has 0 radical (unpaired) electrons. The highest BCUT2D eigenvalue weighted by Crippen LogP contribution is 2.54. The second-order valence-corrected chi connectivity index (χ2v) is 12.1. The van der Waals surface area contributed by atoms with Gasteiger partial charge in [0, 0.05) is 35.5 Å². The van der Waals surface area contributed by atoms with Crippen molar-refractivity contribution in [2.24, 2.45) is 5.92 Å². The smallest absolute Gasteiger partial charge is 0.329 e. The standard InChI is InChI=1S/C28H34N4O3S/c1-17(2)13-28(26(34)35)14-21(22-16-29-15-18(3)31-22)23(24-30-11-12-36-24)32(28)25(33)19-7-9-20(10-8-19)27(4,5)6/h7-12,15-17,21,23H,13-14H2,1-6H3,(H,34,35)/t21-,23-,28+/m1/s1. The summed E-state index contributed by atoms with van der Waals surface area (Å²) in [6.07, 6.45) is 5.63.